The van der Waals surface area contributed by atoms with Crippen LogP contribution in [0.4, 0.5) is 0 Å². The molecule has 0 aromatic carbocycles. The summed E-state index contributed by atoms with van der Waals surface area (Å²) in [6.45, 7) is 6.50. The van der Waals surface area contributed by atoms with Crippen LogP contribution in [0.2, 0.25) is 0 Å². The molecule has 1 N–H and O–H groups in total. The number of hydrogen-bond acceptors (Lipinski definition) is 2. The Morgan fingerprint density at radius 1 is 1.58 bits per heavy atom. The highest BCUT2D eigenvalue weighted by atomic mass is 16.3. The molecule has 0 amide bonds. The summed E-state index contributed by atoms with van der Waals surface area (Å²) in [5, 5.41) is 9.10. The molecule has 1 unspecified atom stereocenters. The summed E-state index contributed by atoms with van der Waals surface area (Å²) in [6.07, 6.45) is 4.56. The lowest BCUT2D eigenvalue weighted by molar-refractivity contribution is -0.00631. The largest absolute Gasteiger partial charge is 0.395 e. The molecule has 0 aromatic rings. The highest BCUT2D eigenvalue weighted by Crippen LogP contribution is 2.36. The molecule has 3 fully saturated rings. The van der Waals surface area contributed by atoms with Crippen LogP contribution in [0.25, 0.3) is 0 Å². The van der Waals surface area contributed by atoms with Crippen LogP contribution in [-0.4, -0.2) is 35.7 Å². The van der Waals surface area contributed by atoms with E-state index >= 15 is 0 Å². The molecule has 4 atom stereocenters. The van der Waals surface area contributed by atoms with Crippen molar-refractivity contribution in [2.24, 2.45) is 11.8 Å². The number of aliphatic hydroxyl groups excluding tert-OH is 1. The number of rotatable bonds is 2. The zero-order chi connectivity index (χ0) is 8.55. The van der Waals surface area contributed by atoms with E-state index in [2.05, 4.69) is 17.6 Å². The molecule has 3 saturated heterocycles. The van der Waals surface area contributed by atoms with Gasteiger partial charge in [0.25, 0.3) is 0 Å². The van der Waals surface area contributed by atoms with Crippen LogP contribution in [0, 0.1) is 11.8 Å². The van der Waals surface area contributed by atoms with Crippen molar-refractivity contribution in [2.45, 2.75) is 18.9 Å². The molecule has 2 nitrogen and oxygen atoms in total. The zero-order valence-corrected chi connectivity index (χ0v) is 7.45. The number of nitrogens with zero attached hydrogens (tertiary/aromatic N) is 1. The predicted octanol–water partition coefficient (Wildman–Crippen LogP) is 0.875. The molecular weight excluding hydrogens is 150 g/mol. The Morgan fingerprint density at radius 3 is 2.92 bits per heavy atom. The Morgan fingerprint density at radius 2 is 2.42 bits per heavy atom. The van der Waals surface area contributed by atoms with Gasteiger partial charge in [0.2, 0.25) is 0 Å². The van der Waals surface area contributed by atoms with Crippen LogP contribution >= 0.6 is 0 Å². The van der Waals surface area contributed by atoms with Crippen molar-refractivity contribution in [1.29, 1.82) is 0 Å². The summed E-state index contributed by atoms with van der Waals surface area (Å²) >= 11 is 0. The first-order valence-corrected chi connectivity index (χ1v) is 4.82. The Kier molecular flexibility index (Phi) is 2.20. The van der Waals surface area contributed by atoms with E-state index in [4.69, 9.17) is 5.11 Å². The first-order valence-electron chi connectivity index (χ1n) is 4.82. The maximum atomic E-state index is 9.10. The van der Waals surface area contributed by atoms with Crippen molar-refractivity contribution in [1.82, 2.24) is 4.90 Å². The molecule has 0 radical (unpaired) electrons. The van der Waals surface area contributed by atoms with Crippen LogP contribution in [0.15, 0.2) is 12.7 Å². The van der Waals surface area contributed by atoms with Gasteiger partial charge in [-0.05, 0) is 31.2 Å². The lowest BCUT2D eigenvalue weighted by Gasteiger charge is -2.48. The first kappa shape index (κ1) is 8.27. The van der Waals surface area contributed by atoms with Crippen molar-refractivity contribution in [2.75, 3.05) is 19.7 Å². The van der Waals surface area contributed by atoms with Gasteiger partial charge in [0.1, 0.15) is 0 Å². The van der Waals surface area contributed by atoms with E-state index in [0.717, 1.165) is 12.5 Å². The fourth-order valence-electron chi connectivity index (χ4n) is 2.64. The van der Waals surface area contributed by atoms with Gasteiger partial charge in [0, 0.05) is 12.6 Å². The van der Waals surface area contributed by atoms with Gasteiger partial charge < -0.3 is 5.11 Å². The molecule has 12 heavy (non-hydrogen) atoms. The maximum Gasteiger partial charge on any atom is 0.0586 e. The van der Waals surface area contributed by atoms with E-state index in [-0.39, 0.29) is 0 Å². The van der Waals surface area contributed by atoms with E-state index < -0.39 is 0 Å². The summed E-state index contributed by atoms with van der Waals surface area (Å²) in [5.41, 5.74) is 0. The average Bonchev–Trinajstić information content (AvgIpc) is 2.18. The minimum atomic E-state index is 0.334. The van der Waals surface area contributed by atoms with E-state index in [9.17, 15) is 0 Å². The summed E-state index contributed by atoms with van der Waals surface area (Å²) in [6, 6.07) is 0.444. The monoisotopic (exact) mass is 167 g/mol. The van der Waals surface area contributed by atoms with Crippen molar-refractivity contribution in [3.8, 4) is 0 Å². The Balaban J connectivity index is 2.05. The Labute approximate surface area is 73.9 Å². The molecule has 0 spiro atoms. The zero-order valence-electron chi connectivity index (χ0n) is 7.45. The molecule has 3 aliphatic heterocycles. The van der Waals surface area contributed by atoms with Gasteiger partial charge in [-0.3, -0.25) is 4.90 Å². The fraction of sp³-hybridized carbons (Fsp3) is 0.800. The molecule has 0 saturated carbocycles. The second-order valence-corrected chi connectivity index (χ2v) is 4.02. The summed E-state index contributed by atoms with van der Waals surface area (Å²) in [5.74, 6) is 1.48. The van der Waals surface area contributed by atoms with Crippen LogP contribution in [0.1, 0.15) is 12.8 Å². The minimum absolute atomic E-state index is 0.334. The van der Waals surface area contributed by atoms with Crippen LogP contribution in [0.3, 0.4) is 0 Å². The molecule has 3 aliphatic rings. The van der Waals surface area contributed by atoms with Gasteiger partial charge in [-0.1, -0.05) is 6.08 Å². The van der Waals surface area contributed by atoms with Crippen molar-refractivity contribution in [3.63, 3.8) is 0 Å². The van der Waals surface area contributed by atoms with E-state index in [1.165, 1.54) is 19.4 Å². The molecule has 3 rings (SSSR count). The summed E-state index contributed by atoms with van der Waals surface area (Å²) in [7, 11) is 0. The van der Waals surface area contributed by atoms with E-state index in [1.807, 2.05) is 0 Å². The van der Waals surface area contributed by atoms with Crippen molar-refractivity contribution >= 4 is 0 Å². The molecule has 3 heterocycles. The molecule has 2 bridgehead atoms. The van der Waals surface area contributed by atoms with Crippen molar-refractivity contribution < 1.29 is 5.11 Å². The highest BCUT2D eigenvalue weighted by molar-refractivity contribution is 4.98. The topological polar surface area (TPSA) is 23.5 Å². The Bertz CT molecular complexity index is 181. The lowest BCUT2D eigenvalue weighted by Crippen LogP contribution is -2.54. The third-order valence-electron chi connectivity index (χ3n) is 3.44. The lowest BCUT2D eigenvalue weighted by atomic mass is 9.76. The van der Waals surface area contributed by atoms with E-state index in [1.54, 1.807) is 0 Å². The second kappa shape index (κ2) is 3.19. The number of aliphatic hydroxyl groups is 1. The fourth-order valence-corrected chi connectivity index (χ4v) is 2.64. The van der Waals surface area contributed by atoms with Gasteiger partial charge in [-0.15, -0.1) is 6.58 Å². The van der Waals surface area contributed by atoms with Crippen LogP contribution in [0.5, 0.6) is 0 Å². The first-order chi connectivity index (χ1) is 5.85. The molecule has 0 aromatic heterocycles. The third kappa shape index (κ3) is 1.19. The number of piperidine rings is 3. The van der Waals surface area contributed by atoms with E-state index in [0.29, 0.717) is 18.6 Å². The molecule has 0 aliphatic carbocycles. The second-order valence-electron chi connectivity index (χ2n) is 4.02. The number of fused-ring (bicyclic) bond motifs is 3. The molecule has 2 heteroatoms. The van der Waals surface area contributed by atoms with Crippen LogP contribution < -0.4 is 0 Å². The van der Waals surface area contributed by atoms with Crippen LogP contribution in [-0.2, 0) is 0 Å². The molecule has 68 valence electrons. The summed E-state index contributed by atoms with van der Waals surface area (Å²) in [4.78, 5) is 2.41. The summed E-state index contributed by atoms with van der Waals surface area (Å²) < 4.78 is 0. The quantitative estimate of drug-likeness (QED) is 0.617. The standard InChI is InChI=1S/C10H17NO/c1-2-8-6-11-4-3-9(8)5-10(11)7-12/h2,8-10,12H,1,3-7H2/t8-,9+,10-/m1/s1. The molecular formula is C10H17NO. The minimum Gasteiger partial charge on any atom is -0.395 e. The van der Waals surface area contributed by atoms with Gasteiger partial charge >= 0.3 is 0 Å². The predicted molar refractivity (Wildman–Crippen MR) is 48.9 cm³/mol. The van der Waals surface area contributed by atoms with Gasteiger partial charge in [-0.25, -0.2) is 0 Å². The van der Waals surface area contributed by atoms with Gasteiger partial charge in [0.05, 0.1) is 6.61 Å². The normalized spacial score (nSPS) is 46.1. The average molecular weight is 167 g/mol. The smallest absolute Gasteiger partial charge is 0.0586 e. The van der Waals surface area contributed by atoms with Gasteiger partial charge in [0.15, 0.2) is 0 Å². The van der Waals surface area contributed by atoms with Gasteiger partial charge in [-0.2, -0.15) is 0 Å². The third-order valence-corrected chi connectivity index (χ3v) is 3.44. The SMILES string of the molecule is C=C[C@@H]1CN2CC[C@H]1C[C@@H]2CO. The Hall–Kier alpha value is -0.340. The highest BCUT2D eigenvalue weighted by Gasteiger charge is 2.38. The van der Waals surface area contributed by atoms with Crippen molar-refractivity contribution in [3.05, 3.63) is 12.7 Å². The maximum absolute atomic E-state index is 9.10. The number of hydrogen-bond donors (Lipinski definition) is 1.